The van der Waals surface area contributed by atoms with Gasteiger partial charge >= 0.3 is 0 Å². The topological polar surface area (TPSA) is 27.3 Å². The van der Waals surface area contributed by atoms with Gasteiger partial charge < -0.3 is 10.6 Å². The predicted molar refractivity (Wildman–Crippen MR) is 51.6 cm³/mol. The summed E-state index contributed by atoms with van der Waals surface area (Å²) in [6, 6.07) is 0. The van der Waals surface area contributed by atoms with Gasteiger partial charge in [-0.3, -0.25) is 4.67 Å². The van der Waals surface area contributed by atoms with Crippen LogP contribution in [0.5, 0.6) is 0 Å². The Bertz CT molecular complexity index is 127. The van der Waals surface area contributed by atoms with Crippen LogP contribution in [0.2, 0.25) is 0 Å². The lowest BCUT2D eigenvalue weighted by atomic mass is 10.0. The van der Waals surface area contributed by atoms with Crippen LogP contribution < -0.4 is 10.6 Å². The molecule has 1 fully saturated rings. The Morgan fingerprint density at radius 3 is 3.00 bits per heavy atom. The highest BCUT2D eigenvalue weighted by Crippen LogP contribution is 2.12. The molecule has 3 nitrogen and oxygen atoms in total. The first kappa shape index (κ1) is 9.40. The van der Waals surface area contributed by atoms with Crippen LogP contribution in [-0.2, 0) is 0 Å². The quantitative estimate of drug-likeness (QED) is 0.562. The average molecular weight is 175 g/mol. The number of nitrogens with one attached hydrogen (secondary N) is 2. The van der Waals surface area contributed by atoms with Gasteiger partial charge in [-0.05, 0) is 14.0 Å². The van der Waals surface area contributed by atoms with Crippen molar-refractivity contribution in [3.63, 3.8) is 0 Å². The maximum absolute atomic E-state index is 3.51. The lowest BCUT2D eigenvalue weighted by Gasteiger charge is -2.39. The molecule has 2 N–H and O–H groups in total. The van der Waals surface area contributed by atoms with Crippen molar-refractivity contribution in [3.8, 4) is 0 Å². The molecular weight excluding hydrogens is 157 g/mol. The summed E-state index contributed by atoms with van der Waals surface area (Å²) < 4.78 is 2.29. The van der Waals surface area contributed by atoms with Crippen LogP contribution in [0.25, 0.3) is 0 Å². The largest absolute Gasteiger partial charge is 0.318 e. The summed E-state index contributed by atoms with van der Waals surface area (Å²) in [7, 11) is 4.76. The van der Waals surface area contributed by atoms with Crippen LogP contribution in [-0.4, -0.2) is 43.4 Å². The van der Waals surface area contributed by atoms with E-state index in [4.69, 9.17) is 0 Å². The highest BCUT2D eigenvalue weighted by molar-refractivity contribution is 7.13. The van der Waals surface area contributed by atoms with Crippen LogP contribution in [0.3, 0.4) is 0 Å². The fourth-order valence-electron chi connectivity index (χ4n) is 1.59. The molecule has 1 rings (SSSR count). The molecule has 1 heterocycles. The monoisotopic (exact) mass is 175 g/mol. The van der Waals surface area contributed by atoms with Crippen molar-refractivity contribution in [2.75, 3.05) is 33.2 Å². The van der Waals surface area contributed by atoms with Crippen LogP contribution in [0.15, 0.2) is 0 Å². The molecule has 0 radical (unpaired) electrons. The number of hydrogen-bond acceptors (Lipinski definition) is 3. The second kappa shape index (κ2) is 3.81. The molecule has 0 spiro atoms. The normalized spacial score (nSPS) is 34.1. The third-order valence-electron chi connectivity index (χ3n) is 2.07. The van der Waals surface area contributed by atoms with E-state index in [0.29, 0.717) is 0 Å². The minimum absolute atomic E-state index is 0.245. The molecule has 1 saturated heterocycles. The van der Waals surface area contributed by atoms with Crippen molar-refractivity contribution in [2.24, 2.45) is 0 Å². The van der Waals surface area contributed by atoms with Crippen molar-refractivity contribution >= 4 is 9.39 Å². The van der Waals surface area contributed by atoms with Gasteiger partial charge in [0.2, 0.25) is 0 Å². The van der Waals surface area contributed by atoms with E-state index in [9.17, 15) is 0 Å². The summed E-state index contributed by atoms with van der Waals surface area (Å²) in [4.78, 5) is 0. The summed E-state index contributed by atoms with van der Waals surface area (Å²) in [6.45, 7) is 6.59. The number of piperazine rings is 1. The Morgan fingerprint density at radius 1 is 1.73 bits per heavy atom. The predicted octanol–water partition coefficient (Wildman–Crippen LogP) is -0.340. The highest BCUT2D eigenvalue weighted by Gasteiger charge is 2.27. The fourth-order valence-corrected chi connectivity index (χ4v) is 2.13. The Labute approximate surface area is 71.2 Å². The van der Waals surface area contributed by atoms with Crippen LogP contribution in [0, 0.1) is 0 Å². The molecule has 0 bridgehead atoms. The van der Waals surface area contributed by atoms with E-state index in [1.54, 1.807) is 0 Å². The Morgan fingerprint density at radius 2 is 2.45 bits per heavy atom. The standard InChI is InChI=1S/C7H18N3P/c1-7(5-8-2)6-10(11)4-3-9-7/h8-9H,3-6,11H2,1-2H3. The van der Waals surface area contributed by atoms with Crippen molar-refractivity contribution in [1.29, 1.82) is 0 Å². The number of nitrogens with zero attached hydrogens (tertiary/aromatic N) is 1. The van der Waals surface area contributed by atoms with Gasteiger partial charge in [-0.25, -0.2) is 0 Å². The minimum Gasteiger partial charge on any atom is -0.318 e. The average Bonchev–Trinajstić information content (AvgIpc) is 1.86. The Balaban J connectivity index is 2.41. The summed E-state index contributed by atoms with van der Waals surface area (Å²) >= 11 is 0. The second-order valence-electron chi connectivity index (χ2n) is 3.49. The summed E-state index contributed by atoms with van der Waals surface area (Å²) in [5.74, 6) is 0. The van der Waals surface area contributed by atoms with Gasteiger partial charge in [-0.15, -0.1) is 0 Å². The number of rotatable bonds is 2. The number of hydrogen-bond donors (Lipinski definition) is 2. The van der Waals surface area contributed by atoms with E-state index in [-0.39, 0.29) is 5.54 Å². The molecule has 0 aliphatic carbocycles. The van der Waals surface area contributed by atoms with Crippen molar-refractivity contribution in [1.82, 2.24) is 15.3 Å². The molecule has 0 aromatic heterocycles. The van der Waals surface area contributed by atoms with Gasteiger partial charge in [0.05, 0.1) is 0 Å². The van der Waals surface area contributed by atoms with E-state index >= 15 is 0 Å². The van der Waals surface area contributed by atoms with Crippen molar-refractivity contribution < 1.29 is 0 Å². The van der Waals surface area contributed by atoms with Crippen LogP contribution in [0.1, 0.15) is 6.92 Å². The molecule has 2 atom stereocenters. The zero-order chi connectivity index (χ0) is 8.32. The summed E-state index contributed by atoms with van der Waals surface area (Å²) in [5.41, 5.74) is 0.245. The molecule has 11 heavy (non-hydrogen) atoms. The van der Waals surface area contributed by atoms with Gasteiger partial charge in [-0.2, -0.15) is 0 Å². The Kier molecular flexibility index (Phi) is 3.26. The van der Waals surface area contributed by atoms with Crippen molar-refractivity contribution in [3.05, 3.63) is 0 Å². The maximum Gasteiger partial charge on any atom is 0.0409 e. The first-order valence-corrected chi connectivity index (χ1v) is 4.57. The third-order valence-corrected chi connectivity index (χ3v) is 2.51. The minimum atomic E-state index is 0.245. The van der Waals surface area contributed by atoms with Gasteiger partial charge in [0.15, 0.2) is 0 Å². The molecular formula is C7H18N3P. The SMILES string of the molecule is CNCC1(C)CN(P)CCN1. The molecule has 4 heteroatoms. The first-order chi connectivity index (χ1) is 5.16. The molecule has 66 valence electrons. The van der Waals surface area contributed by atoms with Crippen LogP contribution >= 0.6 is 9.39 Å². The van der Waals surface area contributed by atoms with Crippen LogP contribution in [0.4, 0.5) is 0 Å². The highest BCUT2D eigenvalue weighted by atomic mass is 31.0. The van der Waals surface area contributed by atoms with Gasteiger partial charge in [0.25, 0.3) is 0 Å². The zero-order valence-electron chi connectivity index (χ0n) is 7.35. The van der Waals surface area contributed by atoms with E-state index in [0.717, 1.165) is 26.2 Å². The van der Waals surface area contributed by atoms with E-state index in [1.165, 1.54) is 0 Å². The molecule has 2 unspecified atom stereocenters. The number of likely N-dealkylation sites (N-methyl/N-ethyl adjacent to an activating group) is 1. The first-order valence-electron chi connectivity index (χ1n) is 4.05. The van der Waals surface area contributed by atoms with E-state index in [2.05, 4.69) is 31.6 Å². The Hall–Kier alpha value is 0.310. The maximum atomic E-state index is 3.51. The van der Waals surface area contributed by atoms with Gasteiger partial charge in [-0.1, -0.05) is 9.39 Å². The van der Waals surface area contributed by atoms with E-state index in [1.807, 2.05) is 7.05 Å². The molecule has 0 saturated carbocycles. The molecule has 1 aliphatic heterocycles. The summed E-state index contributed by atoms with van der Waals surface area (Å²) in [5, 5.41) is 6.71. The molecule has 0 aromatic carbocycles. The third kappa shape index (κ3) is 2.68. The molecule has 0 amide bonds. The summed E-state index contributed by atoms with van der Waals surface area (Å²) in [6.07, 6.45) is 0. The lowest BCUT2D eigenvalue weighted by molar-refractivity contribution is 0.225. The molecule has 0 aromatic rings. The zero-order valence-corrected chi connectivity index (χ0v) is 8.51. The lowest BCUT2D eigenvalue weighted by Crippen LogP contribution is -2.60. The fraction of sp³-hybridized carbons (Fsp3) is 1.00. The second-order valence-corrected chi connectivity index (χ2v) is 4.22. The van der Waals surface area contributed by atoms with Gasteiger partial charge in [0.1, 0.15) is 0 Å². The smallest absolute Gasteiger partial charge is 0.0409 e. The van der Waals surface area contributed by atoms with E-state index < -0.39 is 0 Å². The van der Waals surface area contributed by atoms with Gasteiger partial charge in [0, 0.05) is 31.7 Å². The van der Waals surface area contributed by atoms with Crippen molar-refractivity contribution in [2.45, 2.75) is 12.5 Å². The molecule has 1 aliphatic rings.